The first kappa shape index (κ1) is 25.2. The third kappa shape index (κ3) is 7.24. The van der Waals surface area contributed by atoms with Crippen LogP contribution in [0, 0.1) is 12.3 Å². The third-order valence-electron chi connectivity index (χ3n) is 5.46. The summed E-state index contributed by atoms with van der Waals surface area (Å²) in [4.78, 5) is 15.4. The van der Waals surface area contributed by atoms with Crippen LogP contribution < -0.4 is 51.4 Å². The van der Waals surface area contributed by atoms with Crippen molar-refractivity contribution in [2.75, 3.05) is 0 Å². The van der Waals surface area contributed by atoms with Gasteiger partial charge >= 0.3 is 51.4 Å². The molecule has 1 heterocycles. The van der Waals surface area contributed by atoms with Gasteiger partial charge in [-0.1, -0.05) is 86.8 Å². The molecule has 30 heavy (non-hydrogen) atoms. The summed E-state index contributed by atoms with van der Waals surface area (Å²) in [6.45, 7) is 4.21. The number of allylic oxidation sites excluding steroid dienone is 3. The van der Waals surface area contributed by atoms with E-state index in [1.807, 2.05) is 49.6 Å². The number of rotatable bonds is 4. The molecule has 0 bridgehead atoms. The molecule has 2 nitrogen and oxygen atoms in total. The van der Waals surface area contributed by atoms with Gasteiger partial charge in [0.15, 0.2) is 0 Å². The summed E-state index contributed by atoms with van der Waals surface area (Å²) < 4.78 is 0. The quantitative estimate of drug-likeness (QED) is 0.418. The molecule has 1 aliphatic heterocycles. The Morgan fingerprint density at radius 3 is 2.17 bits per heavy atom. The van der Waals surface area contributed by atoms with Crippen molar-refractivity contribution >= 4 is 23.3 Å². The summed E-state index contributed by atoms with van der Waals surface area (Å²) in [5, 5.41) is 0. The van der Waals surface area contributed by atoms with E-state index in [0.29, 0.717) is 0 Å². The monoisotopic (exact) mass is 422 g/mol. The fourth-order valence-corrected chi connectivity index (χ4v) is 3.74. The van der Waals surface area contributed by atoms with Crippen LogP contribution in [0.1, 0.15) is 57.1 Å². The van der Waals surface area contributed by atoms with Crippen molar-refractivity contribution in [2.45, 2.75) is 46.0 Å². The van der Waals surface area contributed by atoms with Crippen LogP contribution in [0.2, 0.25) is 0 Å². The van der Waals surface area contributed by atoms with E-state index in [-0.39, 0.29) is 51.4 Å². The van der Waals surface area contributed by atoms with Gasteiger partial charge in [0.2, 0.25) is 0 Å². The SMILES string of the molecule is C/C(=C\[C-]=O)C1=NC(c2ccccc2)=C(c2ccccc2)C1.CC1[CH-]CCCC1.[K+]. The minimum atomic E-state index is 0. The minimum Gasteiger partial charge on any atom is -0.419 e. The summed E-state index contributed by atoms with van der Waals surface area (Å²) in [5.41, 5.74) is 6.25. The summed E-state index contributed by atoms with van der Waals surface area (Å²) >= 11 is 0. The van der Waals surface area contributed by atoms with Gasteiger partial charge < -0.3 is 11.2 Å². The van der Waals surface area contributed by atoms with Gasteiger partial charge in [0.05, 0.1) is 5.70 Å². The Morgan fingerprint density at radius 2 is 1.67 bits per heavy atom. The Kier molecular flexibility index (Phi) is 11.2. The molecule has 0 amide bonds. The first-order chi connectivity index (χ1) is 14.2. The smallest absolute Gasteiger partial charge is 0.419 e. The summed E-state index contributed by atoms with van der Waals surface area (Å²) in [5.74, 6) is 0.911. The molecule has 0 aromatic heterocycles. The van der Waals surface area contributed by atoms with Crippen molar-refractivity contribution in [1.82, 2.24) is 0 Å². The van der Waals surface area contributed by atoms with E-state index >= 15 is 0 Å². The van der Waals surface area contributed by atoms with Gasteiger partial charge in [0.25, 0.3) is 0 Å². The molecule has 0 N–H and O–H groups in total. The minimum absolute atomic E-state index is 0. The van der Waals surface area contributed by atoms with Gasteiger partial charge in [0.1, 0.15) is 0 Å². The second kappa shape index (κ2) is 13.3. The normalized spacial score (nSPS) is 18.7. The number of carbonyl (C=O) groups excluding carboxylic acids is 1. The first-order valence-electron chi connectivity index (χ1n) is 10.5. The molecule has 4 rings (SSSR count). The van der Waals surface area contributed by atoms with Crippen molar-refractivity contribution in [1.29, 1.82) is 0 Å². The third-order valence-corrected chi connectivity index (χ3v) is 5.46. The molecule has 150 valence electrons. The predicted molar refractivity (Wildman–Crippen MR) is 123 cm³/mol. The molecule has 0 saturated heterocycles. The Labute approximate surface area is 224 Å². The van der Waals surface area contributed by atoms with E-state index in [2.05, 4.69) is 37.6 Å². The van der Waals surface area contributed by atoms with Crippen LogP contribution >= 0.6 is 0 Å². The van der Waals surface area contributed by atoms with Gasteiger partial charge in [-0.2, -0.15) is 24.0 Å². The molecule has 1 fully saturated rings. The molecule has 2 aromatic rings. The molecule has 1 saturated carbocycles. The van der Waals surface area contributed by atoms with Gasteiger partial charge in [-0.25, -0.2) is 0 Å². The molecular formula is C27H29KNO-. The first-order valence-corrected chi connectivity index (χ1v) is 10.5. The summed E-state index contributed by atoms with van der Waals surface area (Å²) in [6, 6.07) is 20.4. The van der Waals surface area contributed by atoms with Crippen LogP contribution in [-0.4, -0.2) is 12.0 Å². The zero-order valence-electron chi connectivity index (χ0n) is 18.4. The maximum Gasteiger partial charge on any atom is 1.00 e. The van der Waals surface area contributed by atoms with Gasteiger partial charge in [0, 0.05) is 12.0 Å². The zero-order chi connectivity index (χ0) is 20.5. The average molecular weight is 423 g/mol. The molecular weight excluding hydrogens is 393 g/mol. The van der Waals surface area contributed by atoms with E-state index in [1.54, 1.807) is 0 Å². The van der Waals surface area contributed by atoms with Crippen LogP contribution in [0.5, 0.6) is 0 Å². The van der Waals surface area contributed by atoms with Crippen molar-refractivity contribution in [2.24, 2.45) is 10.9 Å². The van der Waals surface area contributed by atoms with Gasteiger partial charge in [-0.3, -0.25) is 4.99 Å². The largest absolute Gasteiger partial charge is 1.00 e. The van der Waals surface area contributed by atoms with Crippen molar-refractivity contribution in [3.63, 3.8) is 0 Å². The Morgan fingerprint density at radius 1 is 1.03 bits per heavy atom. The van der Waals surface area contributed by atoms with E-state index in [9.17, 15) is 4.79 Å². The molecule has 1 aliphatic carbocycles. The number of nitrogens with zero attached hydrogens (tertiary/aromatic N) is 1. The van der Waals surface area contributed by atoms with Gasteiger partial charge in [-0.15, -0.1) is 6.92 Å². The number of hydrogen-bond acceptors (Lipinski definition) is 2. The molecule has 1 unspecified atom stereocenters. The molecule has 1 atom stereocenters. The van der Waals surface area contributed by atoms with Crippen LogP contribution in [-0.2, 0) is 4.79 Å². The second-order valence-electron chi connectivity index (χ2n) is 7.74. The average Bonchev–Trinajstić information content (AvgIpc) is 3.22. The molecule has 2 aromatic carbocycles. The maximum absolute atomic E-state index is 10.6. The summed E-state index contributed by atoms with van der Waals surface area (Å²) in [7, 11) is 0. The van der Waals surface area contributed by atoms with Crippen molar-refractivity contribution in [3.05, 3.63) is 89.9 Å². The Hall–Kier alpha value is -1.10. The topological polar surface area (TPSA) is 29.4 Å². The van der Waals surface area contributed by atoms with Crippen LogP contribution in [0.3, 0.4) is 0 Å². The Bertz CT molecular complexity index is 891. The fourth-order valence-electron chi connectivity index (χ4n) is 3.74. The van der Waals surface area contributed by atoms with E-state index < -0.39 is 0 Å². The predicted octanol–water partition coefficient (Wildman–Crippen LogP) is 3.86. The van der Waals surface area contributed by atoms with Crippen molar-refractivity contribution < 1.29 is 56.2 Å². The summed E-state index contributed by atoms with van der Waals surface area (Å²) in [6.07, 6.45) is 12.1. The van der Waals surface area contributed by atoms with Crippen LogP contribution in [0.25, 0.3) is 11.3 Å². The van der Waals surface area contributed by atoms with Crippen molar-refractivity contribution in [3.8, 4) is 0 Å². The fraction of sp³-hybridized carbons (Fsp3) is 0.296. The van der Waals surface area contributed by atoms with Crippen LogP contribution in [0.4, 0.5) is 0 Å². The molecule has 2 aliphatic rings. The van der Waals surface area contributed by atoms with Crippen LogP contribution in [0.15, 0.2) is 77.3 Å². The Balaban J connectivity index is 0.000000341. The van der Waals surface area contributed by atoms with E-state index in [1.165, 1.54) is 42.9 Å². The molecule has 0 radical (unpaired) electrons. The molecule has 3 heteroatoms. The molecule has 0 spiro atoms. The maximum atomic E-state index is 10.6. The second-order valence-corrected chi connectivity index (χ2v) is 7.74. The van der Waals surface area contributed by atoms with Gasteiger partial charge in [-0.05, 0) is 23.1 Å². The number of benzene rings is 2. The van der Waals surface area contributed by atoms with E-state index in [4.69, 9.17) is 4.99 Å². The standard InChI is InChI=1S/C20H16NO.C7H13.K/c1-15(12-13-22)19-14-18(16-8-4-2-5-9-16)20(21-19)17-10-6-3-7-11-17;1-7-5-3-2-4-6-7;/h2-12H,14H2,1H3;5,7H,2-4,6H2,1H3;/q2*-1;+1/b15-12+;;. The number of hydrogen-bond donors (Lipinski definition) is 0. The zero-order valence-corrected chi connectivity index (χ0v) is 21.5. The number of aliphatic imine (C=N–C) groups is 1. The van der Waals surface area contributed by atoms with E-state index in [0.717, 1.165) is 34.9 Å².